The molecule has 1 N–H and O–H groups in total. The van der Waals surface area contributed by atoms with Crippen molar-refractivity contribution in [3.05, 3.63) is 29.8 Å². The molecule has 0 aliphatic heterocycles. The van der Waals surface area contributed by atoms with Gasteiger partial charge in [0.05, 0.1) is 16.7 Å². The summed E-state index contributed by atoms with van der Waals surface area (Å²) in [5, 5.41) is 9.59. The van der Waals surface area contributed by atoms with Gasteiger partial charge in [-0.3, -0.25) is 4.79 Å². The lowest BCUT2D eigenvalue weighted by Crippen LogP contribution is -2.30. The molecule has 0 radical (unpaired) electrons. The number of ether oxygens (including phenoxy) is 1. The minimum Gasteiger partial charge on any atom is -0.748 e. The van der Waals surface area contributed by atoms with Gasteiger partial charge >= 0.3 is 0 Å². The summed E-state index contributed by atoms with van der Waals surface area (Å²) in [6.07, 6.45) is 0.107. The normalized spacial score (nSPS) is 12.2. The van der Waals surface area contributed by atoms with E-state index in [9.17, 15) is 22.9 Å². The fourth-order valence-electron chi connectivity index (χ4n) is 1.48. The van der Waals surface area contributed by atoms with Crippen molar-refractivity contribution in [3.8, 4) is 5.75 Å². The van der Waals surface area contributed by atoms with Crippen molar-refractivity contribution >= 4 is 15.9 Å². The number of benzene rings is 1. The van der Waals surface area contributed by atoms with E-state index in [1.165, 1.54) is 26.0 Å². The largest absolute Gasteiger partial charge is 0.748 e. The second-order valence-electron chi connectivity index (χ2n) is 4.88. The Morgan fingerprint density at radius 2 is 1.85 bits per heavy atom. The first-order valence-corrected chi connectivity index (χ1v) is 7.61. The Hall–Kier alpha value is -1.44. The third kappa shape index (κ3) is 5.68. The fraction of sp³-hybridized carbons (Fsp3) is 0.462. The van der Waals surface area contributed by atoms with Crippen molar-refractivity contribution in [1.82, 2.24) is 0 Å². The van der Waals surface area contributed by atoms with Crippen LogP contribution in [0.5, 0.6) is 5.75 Å². The van der Waals surface area contributed by atoms with Gasteiger partial charge < -0.3 is 14.4 Å². The van der Waals surface area contributed by atoms with Crippen molar-refractivity contribution in [2.75, 3.05) is 12.4 Å². The first kappa shape index (κ1) is 16.6. The summed E-state index contributed by atoms with van der Waals surface area (Å²) < 4.78 is 36.4. The quantitative estimate of drug-likeness (QED) is 0.457. The molecule has 7 heteroatoms. The summed E-state index contributed by atoms with van der Waals surface area (Å²) in [5.74, 6) is -0.412. The van der Waals surface area contributed by atoms with Gasteiger partial charge in [-0.1, -0.05) is 0 Å². The Morgan fingerprint density at radius 3 is 2.30 bits per heavy atom. The topological polar surface area (TPSA) is 104 Å². The molecule has 0 aromatic heterocycles. The molecule has 0 amide bonds. The van der Waals surface area contributed by atoms with Gasteiger partial charge in [0.2, 0.25) is 0 Å². The summed E-state index contributed by atoms with van der Waals surface area (Å²) in [7, 11) is -4.22. The highest BCUT2D eigenvalue weighted by atomic mass is 32.2. The molecule has 0 saturated carbocycles. The maximum atomic E-state index is 11.8. The minimum absolute atomic E-state index is 0.0975. The van der Waals surface area contributed by atoms with Crippen LogP contribution in [0.15, 0.2) is 24.3 Å². The average molecular weight is 301 g/mol. The van der Waals surface area contributed by atoms with Gasteiger partial charge in [0.15, 0.2) is 5.78 Å². The number of ketones is 1. The van der Waals surface area contributed by atoms with Crippen LogP contribution in [0.3, 0.4) is 0 Å². The molecule has 1 aromatic carbocycles. The zero-order chi connectivity index (χ0) is 15.4. The molecule has 0 heterocycles. The summed E-state index contributed by atoms with van der Waals surface area (Å²) in [4.78, 5) is 11.8. The van der Waals surface area contributed by atoms with Gasteiger partial charge in [-0.25, -0.2) is 8.42 Å². The Balaban J connectivity index is 2.53. The lowest BCUT2D eigenvalue weighted by atomic mass is 9.97. The van der Waals surface area contributed by atoms with Crippen molar-refractivity contribution in [2.24, 2.45) is 0 Å². The van der Waals surface area contributed by atoms with Crippen LogP contribution >= 0.6 is 0 Å². The molecule has 0 aliphatic rings. The van der Waals surface area contributed by atoms with E-state index < -0.39 is 27.3 Å². The smallest absolute Gasteiger partial charge is 0.193 e. The molecule has 0 spiro atoms. The lowest BCUT2D eigenvalue weighted by Gasteiger charge is -2.15. The van der Waals surface area contributed by atoms with Crippen molar-refractivity contribution in [1.29, 1.82) is 0 Å². The SMILES string of the molecule is CC(C)(O)C(=O)c1ccc(OCCCS(=O)(=O)[O-])cc1. The zero-order valence-corrected chi connectivity index (χ0v) is 12.1. The predicted octanol–water partition coefficient (Wildman–Crippen LogP) is 0.954. The first-order valence-electron chi connectivity index (χ1n) is 6.03. The van der Waals surface area contributed by atoms with Crippen molar-refractivity contribution in [3.63, 3.8) is 0 Å². The van der Waals surface area contributed by atoms with Gasteiger partial charge in [0.1, 0.15) is 11.4 Å². The number of aliphatic hydroxyl groups is 1. The first-order chi connectivity index (χ1) is 9.09. The van der Waals surface area contributed by atoms with Crippen molar-refractivity contribution in [2.45, 2.75) is 25.9 Å². The Morgan fingerprint density at radius 1 is 1.30 bits per heavy atom. The third-order valence-corrected chi connectivity index (χ3v) is 3.27. The monoisotopic (exact) mass is 301 g/mol. The summed E-state index contributed by atoms with van der Waals surface area (Å²) in [6, 6.07) is 6.12. The molecule has 0 atom stereocenters. The molecule has 6 nitrogen and oxygen atoms in total. The number of carbonyl (C=O) groups is 1. The molecular weight excluding hydrogens is 284 g/mol. The lowest BCUT2D eigenvalue weighted by molar-refractivity contribution is 0.0488. The summed E-state index contributed by atoms with van der Waals surface area (Å²) in [6.45, 7) is 2.91. The molecule has 20 heavy (non-hydrogen) atoms. The fourth-order valence-corrected chi connectivity index (χ4v) is 1.95. The minimum atomic E-state index is -4.22. The number of hydrogen-bond acceptors (Lipinski definition) is 6. The molecule has 0 fully saturated rings. The van der Waals surface area contributed by atoms with E-state index in [0.29, 0.717) is 11.3 Å². The molecule has 112 valence electrons. The van der Waals surface area contributed by atoms with E-state index in [4.69, 9.17) is 4.74 Å². The highest BCUT2D eigenvalue weighted by Crippen LogP contribution is 2.17. The van der Waals surface area contributed by atoms with Gasteiger partial charge in [0, 0.05) is 11.3 Å². The van der Waals surface area contributed by atoms with E-state index >= 15 is 0 Å². The van der Waals surface area contributed by atoms with Gasteiger partial charge in [-0.05, 0) is 44.5 Å². The highest BCUT2D eigenvalue weighted by Gasteiger charge is 2.24. The number of carbonyl (C=O) groups excluding carboxylic acids is 1. The van der Waals surface area contributed by atoms with Crippen LogP contribution in [0.2, 0.25) is 0 Å². The average Bonchev–Trinajstić information content (AvgIpc) is 2.32. The van der Waals surface area contributed by atoms with E-state index in [1.54, 1.807) is 12.1 Å². The molecule has 0 unspecified atom stereocenters. The number of hydrogen-bond donors (Lipinski definition) is 1. The van der Waals surface area contributed by atoms with Crippen LogP contribution in [0.25, 0.3) is 0 Å². The summed E-state index contributed by atoms with van der Waals surface area (Å²) in [5.41, 5.74) is -1.09. The third-order valence-electron chi connectivity index (χ3n) is 2.48. The number of Topliss-reactive ketones (excluding diaryl/α,β-unsaturated/α-hetero) is 1. The van der Waals surface area contributed by atoms with E-state index in [-0.39, 0.29) is 13.0 Å². The molecule has 1 rings (SSSR count). The predicted molar refractivity (Wildman–Crippen MR) is 71.7 cm³/mol. The van der Waals surface area contributed by atoms with Gasteiger partial charge in [0.25, 0.3) is 0 Å². The van der Waals surface area contributed by atoms with Gasteiger partial charge in [-0.2, -0.15) is 0 Å². The van der Waals surface area contributed by atoms with Gasteiger partial charge in [-0.15, -0.1) is 0 Å². The maximum Gasteiger partial charge on any atom is 0.193 e. The standard InChI is InChI=1S/C13H18O6S/c1-13(2,15)12(14)10-4-6-11(7-5-10)19-8-3-9-20(16,17)18/h4-7,15H,3,8-9H2,1-2H3,(H,16,17,18)/p-1. The molecule has 0 saturated heterocycles. The second kappa shape index (κ2) is 6.34. The Kier molecular flexibility index (Phi) is 5.27. The van der Waals surface area contributed by atoms with Crippen molar-refractivity contribution < 1.29 is 27.6 Å². The van der Waals surface area contributed by atoms with Crippen LogP contribution in [0.4, 0.5) is 0 Å². The second-order valence-corrected chi connectivity index (χ2v) is 6.40. The van der Waals surface area contributed by atoms with E-state index in [1.807, 2.05) is 0 Å². The molecule has 0 bridgehead atoms. The Bertz CT molecular complexity index is 554. The zero-order valence-electron chi connectivity index (χ0n) is 11.3. The van der Waals surface area contributed by atoms with Crippen LogP contribution in [0.1, 0.15) is 30.6 Å². The van der Waals surface area contributed by atoms with Crippen LogP contribution in [-0.2, 0) is 10.1 Å². The Labute approximate surface area is 118 Å². The van der Waals surface area contributed by atoms with E-state index in [0.717, 1.165) is 0 Å². The summed E-state index contributed by atoms with van der Waals surface area (Å²) >= 11 is 0. The molecule has 0 aliphatic carbocycles. The molecule has 1 aromatic rings. The number of rotatable bonds is 7. The van der Waals surface area contributed by atoms with E-state index in [2.05, 4.69) is 0 Å². The van der Waals surface area contributed by atoms with Crippen LogP contribution in [0, 0.1) is 0 Å². The van der Waals surface area contributed by atoms with Crippen LogP contribution < -0.4 is 4.74 Å². The highest BCUT2D eigenvalue weighted by molar-refractivity contribution is 7.85. The van der Waals surface area contributed by atoms with Crippen LogP contribution in [-0.4, -0.2) is 41.8 Å². The maximum absolute atomic E-state index is 11.8. The molecular formula is C13H17O6S-.